The predicted molar refractivity (Wildman–Crippen MR) is 173 cm³/mol. The number of rotatable bonds is 29. The van der Waals surface area contributed by atoms with Gasteiger partial charge in [0.05, 0.1) is 39.1 Å². The molecule has 0 saturated carbocycles. The average molecular weight is 660 g/mol. The largest absolute Gasteiger partial charge is 0.393 e. The topological polar surface area (TPSA) is 193 Å². The Bertz CT molecular complexity index is 847. The Morgan fingerprint density at radius 3 is 1.83 bits per heavy atom. The molecule has 13 nitrogen and oxygen atoms in total. The third-order valence-electron chi connectivity index (χ3n) is 7.99. The number of unbranched alkanes of at least 4 members (excludes halogenated alkanes) is 8. The molecule has 6 N–H and O–H groups in total. The number of amides is 3. The lowest BCUT2D eigenvalue weighted by Crippen LogP contribution is -2.60. The number of nitrogens with one attached hydrogen (secondary N) is 3. The van der Waals surface area contributed by atoms with Crippen molar-refractivity contribution < 1.29 is 48.7 Å². The van der Waals surface area contributed by atoms with Crippen LogP contribution >= 0.6 is 0 Å². The van der Waals surface area contributed by atoms with Crippen molar-refractivity contribution in [1.82, 2.24) is 16.0 Å². The van der Waals surface area contributed by atoms with Crippen LogP contribution in [0.3, 0.4) is 0 Å². The van der Waals surface area contributed by atoms with Gasteiger partial charge in [-0.25, -0.2) is 0 Å². The molecule has 13 heteroatoms. The molecule has 0 aromatic carbocycles. The first-order valence-corrected chi connectivity index (χ1v) is 17.3. The van der Waals surface area contributed by atoms with Crippen molar-refractivity contribution >= 4 is 23.5 Å². The molecule has 1 saturated heterocycles. The van der Waals surface area contributed by atoms with Crippen LogP contribution in [0.25, 0.3) is 0 Å². The van der Waals surface area contributed by atoms with Crippen molar-refractivity contribution in [3.63, 3.8) is 0 Å². The van der Waals surface area contributed by atoms with Crippen LogP contribution in [0.5, 0.6) is 0 Å². The highest BCUT2D eigenvalue weighted by molar-refractivity contribution is 5.77. The summed E-state index contributed by atoms with van der Waals surface area (Å²) in [5, 5.41) is 38.1. The predicted octanol–water partition coefficient (Wildman–Crippen LogP) is 1.68. The molecule has 1 aliphatic heterocycles. The molecule has 0 aliphatic carbocycles. The third kappa shape index (κ3) is 20.9. The summed E-state index contributed by atoms with van der Waals surface area (Å²) < 4.78 is 16.5. The number of Topliss-reactive ketones (excluding diaryl/α,β-unsaturated/α-hetero) is 1. The summed E-state index contributed by atoms with van der Waals surface area (Å²) in [6, 6.07) is 0. The number of ketones is 1. The normalized spacial score (nSPS) is 19.5. The number of carbonyl (C=O) groups is 4. The minimum absolute atomic E-state index is 0.0209. The van der Waals surface area contributed by atoms with E-state index < -0.39 is 24.4 Å². The Balaban J connectivity index is 1.87. The molecule has 0 unspecified atom stereocenters. The van der Waals surface area contributed by atoms with Gasteiger partial charge in [-0.2, -0.15) is 0 Å². The van der Waals surface area contributed by atoms with Gasteiger partial charge in [-0.1, -0.05) is 38.5 Å². The van der Waals surface area contributed by atoms with E-state index in [2.05, 4.69) is 16.0 Å². The summed E-state index contributed by atoms with van der Waals surface area (Å²) in [4.78, 5) is 46.8. The quantitative estimate of drug-likeness (QED) is 0.0644. The van der Waals surface area contributed by atoms with Crippen LogP contribution in [0.4, 0.5) is 0 Å². The van der Waals surface area contributed by atoms with Crippen molar-refractivity contribution in [2.45, 2.75) is 127 Å². The van der Waals surface area contributed by atoms with E-state index in [9.17, 15) is 34.5 Å². The second-order valence-corrected chi connectivity index (χ2v) is 12.2. The highest BCUT2D eigenvalue weighted by Crippen LogP contribution is 2.26. The maximum Gasteiger partial charge on any atom is 0.222 e. The number of aliphatic hydroxyl groups is 3. The number of aliphatic hydroxyl groups excluding tert-OH is 3. The molecular formula is C33H61N3O10. The first-order valence-electron chi connectivity index (χ1n) is 17.3. The maximum atomic E-state index is 12.0. The van der Waals surface area contributed by atoms with Gasteiger partial charge in [-0.3, -0.25) is 14.4 Å². The first kappa shape index (κ1) is 41.9. The van der Waals surface area contributed by atoms with Crippen LogP contribution in [0, 0.1) is 0 Å². The molecule has 0 radical (unpaired) electrons. The van der Waals surface area contributed by atoms with Gasteiger partial charge in [0.25, 0.3) is 0 Å². The summed E-state index contributed by atoms with van der Waals surface area (Å²) in [6.07, 6.45) is 10.4. The van der Waals surface area contributed by atoms with E-state index >= 15 is 0 Å². The molecule has 268 valence electrons. The fourth-order valence-electron chi connectivity index (χ4n) is 5.08. The smallest absolute Gasteiger partial charge is 0.222 e. The van der Waals surface area contributed by atoms with Gasteiger partial charge in [0.15, 0.2) is 0 Å². The second-order valence-electron chi connectivity index (χ2n) is 12.2. The van der Waals surface area contributed by atoms with E-state index in [1.54, 1.807) is 6.92 Å². The Hall–Kier alpha value is -2.16. The SMILES string of the molecule is CC(=O)CCCCCCCCCCC(=O)NCCOCCC(=O)NCCCNC(=O)CCCCOC[C@@]1(CO)OCC[C@@H](O)[C@H]1O. The van der Waals surface area contributed by atoms with E-state index in [1.165, 1.54) is 19.3 Å². The van der Waals surface area contributed by atoms with Gasteiger partial charge in [0.2, 0.25) is 17.7 Å². The van der Waals surface area contributed by atoms with Crippen LogP contribution in [0.2, 0.25) is 0 Å². The molecule has 1 rings (SSSR count). The fourth-order valence-corrected chi connectivity index (χ4v) is 5.08. The highest BCUT2D eigenvalue weighted by atomic mass is 16.6. The Morgan fingerprint density at radius 2 is 1.22 bits per heavy atom. The van der Waals surface area contributed by atoms with Gasteiger partial charge in [0.1, 0.15) is 17.5 Å². The lowest BCUT2D eigenvalue weighted by Gasteiger charge is -2.42. The lowest BCUT2D eigenvalue weighted by molar-refractivity contribution is -0.231. The molecule has 3 atom stereocenters. The summed E-state index contributed by atoms with van der Waals surface area (Å²) in [5.74, 6) is 0.0717. The lowest BCUT2D eigenvalue weighted by atomic mass is 9.90. The van der Waals surface area contributed by atoms with Crippen molar-refractivity contribution in [3.8, 4) is 0 Å². The minimum atomic E-state index is -1.32. The van der Waals surface area contributed by atoms with Crippen molar-refractivity contribution in [1.29, 1.82) is 0 Å². The van der Waals surface area contributed by atoms with Gasteiger partial charge in [-0.05, 0) is 45.4 Å². The average Bonchev–Trinajstić information content (AvgIpc) is 3.03. The first-order chi connectivity index (χ1) is 22.2. The van der Waals surface area contributed by atoms with E-state index in [4.69, 9.17) is 14.2 Å². The zero-order valence-electron chi connectivity index (χ0n) is 28.0. The molecule has 0 bridgehead atoms. The molecule has 3 amide bonds. The van der Waals surface area contributed by atoms with Crippen LogP contribution in [-0.4, -0.2) is 116 Å². The van der Waals surface area contributed by atoms with Gasteiger partial charge in [-0.15, -0.1) is 0 Å². The maximum absolute atomic E-state index is 12.0. The monoisotopic (exact) mass is 659 g/mol. The van der Waals surface area contributed by atoms with Crippen molar-refractivity contribution in [2.24, 2.45) is 0 Å². The molecule has 1 heterocycles. The number of hydrogen-bond donors (Lipinski definition) is 6. The highest BCUT2D eigenvalue weighted by Gasteiger charge is 2.46. The Morgan fingerprint density at radius 1 is 0.674 bits per heavy atom. The Kier molecular flexibility index (Phi) is 24.4. The van der Waals surface area contributed by atoms with Crippen molar-refractivity contribution in [2.75, 3.05) is 59.3 Å². The standard InChI is InChI=1S/C33H61N3O10/c1-27(38)13-8-6-4-2-3-5-7-9-14-30(41)36-20-24-44-22-17-31(42)35-19-12-18-34-29(40)15-10-11-21-45-26-33(25-37)32(43)28(39)16-23-46-33/h28,32,37,39,43H,2-26H2,1H3,(H,34,40)(H,35,42)(H,36,41)/t28-,32-,33-/m1/s1. The molecule has 0 aromatic rings. The second kappa shape index (κ2) is 26.9. The summed E-state index contributed by atoms with van der Waals surface area (Å²) in [5.41, 5.74) is -1.32. The molecule has 1 fully saturated rings. The molecule has 0 aromatic heterocycles. The minimum Gasteiger partial charge on any atom is -0.393 e. The van der Waals surface area contributed by atoms with Crippen LogP contribution in [0.1, 0.15) is 110 Å². The van der Waals surface area contributed by atoms with Gasteiger partial charge < -0.3 is 50.3 Å². The fraction of sp³-hybridized carbons (Fsp3) is 0.879. The zero-order valence-corrected chi connectivity index (χ0v) is 28.0. The number of hydrogen-bond acceptors (Lipinski definition) is 10. The number of carbonyl (C=O) groups excluding carboxylic acids is 4. The molecule has 46 heavy (non-hydrogen) atoms. The van der Waals surface area contributed by atoms with Crippen LogP contribution in [-0.2, 0) is 33.4 Å². The van der Waals surface area contributed by atoms with E-state index in [0.717, 1.165) is 32.1 Å². The van der Waals surface area contributed by atoms with Gasteiger partial charge >= 0.3 is 0 Å². The molecule has 0 spiro atoms. The van der Waals surface area contributed by atoms with Crippen molar-refractivity contribution in [3.05, 3.63) is 0 Å². The summed E-state index contributed by atoms with van der Waals surface area (Å²) >= 11 is 0. The summed E-state index contributed by atoms with van der Waals surface area (Å²) in [7, 11) is 0. The summed E-state index contributed by atoms with van der Waals surface area (Å²) in [6.45, 7) is 3.64. The van der Waals surface area contributed by atoms with E-state index in [1.807, 2.05) is 0 Å². The zero-order chi connectivity index (χ0) is 33.9. The third-order valence-corrected chi connectivity index (χ3v) is 7.99. The molecular weight excluding hydrogens is 598 g/mol. The van der Waals surface area contributed by atoms with Crippen LogP contribution in [0.15, 0.2) is 0 Å². The van der Waals surface area contributed by atoms with E-state index in [0.29, 0.717) is 77.8 Å². The van der Waals surface area contributed by atoms with E-state index in [-0.39, 0.29) is 49.7 Å². The van der Waals surface area contributed by atoms with Crippen LogP contribution < -0.4 is 16.0 Å². The molecule has 1 aliphatic rings. The number of ether oxygens (including phenoxy) is 3. The Labute approximate surface area is 274 Å². The van der Waals surface area contributed by atoms with Gasteiger partial charge in [0, 0.05) is 51.9 Å².